The van der Waals surface area contributed by atoms with Gasteiger partial charge in [0.25, 0.3) is 0 Å². The number of nitrogens with one attached hydrogen (secondary N) is 1. The first-order valence-electron chi connectivity index (χ1n) is 12.6. The number of sulfonamides is 1. The molecule has 0 aliphatic heterocycles. The summed E-state index contributed by atoms with van der Waals surface area (Å²) in [6, 6.07) is 11.2. The van der Waals surface area contributed by atoms with Crippen LogP contribution in [0.2, 0.25) is 10.0 Å². The minimum absolute atomic E-state index is 0.0284. The molecular weight excluding hydrogens is 533 g/mol. The number of carbonyl (C=O) groups excluding carboxylic acids is 2. The second-order valence-corrected chi connectivity index (χ2v) is 12.3. The minimum Gasteiger partial charge on any atom is -0.352 e. The molecule has 0 heterocycles. The zero-order valence-electron chi connectivity index (χ0n) is 21.5. The van der Waals surface area contributed by atoms with E-state index in [1.165, 1.54) is 4.90 Å². The smallest absolute Gasteiger partial charge is 0.244 e. The van der Waals surface area contributed by atoms with Crippen molar-refractivity contribution in [2.24, 2.45) is 0 Å². The van der Waals surface area contributed by atoms with Gasteiger partial charge in [0.15, 0.2) is 0 Å². The molecule has 0 aromatic heterocycles. The lowest BCUT2D eigenvalue weighted by Crippen LogP contribution is -2.54. The van der Waals surface area contributed by atoms with Gasteiger partial charge in [0.1, 0.15) is 12.6 Å². The van der Waals surface area contributed by atoms with Crippen LogP contribution in [0.25, 0.3) is 0 Å². The lowest BCUT2D eigenvalue weighted by Gasteiger charge is -2.34. The maximum atomic E-state index is 13.8. The van der Waals surface area contributed by atoms with E-state index in [1.807, 2.05) is 19.9 Å². The Labute approximate surface area is 230 Å². The Kier molecular flexibility index (Phi) is 10.3. The fourth-order valence-electron chi connectivity index (χ4n) is 4.71. The van der Waals surface area contributed by atoms with Crippen LogP contribution in [0.1, 0.15) is 56.6 Å². The maximum Gasteiger partial charge on any atom is 0.244 e. The summed E-state index contributed by atoms with van der Waals surface area (Å²) in [5.41, 5.74) is 1.74. The predicted molar refractivity (Wildman–Crippen MR) is 149 cm³/mol. The van der Waals surface area contributed by atoms with Crippen molar-refractivity contribution < 1.29 is 18.0 Å². The summed E-state index contributed by atoms with van der Waals surface area (Å²) in [5.74, 6) is -0.777. The molecule has 37 heavy (non-hydrogen) atoms. The van der Waals surface area contributed by atoms with Gasteiger partial charge in [-0.3, -0.25) is 13.9 Å². The normalized spacial score (nSPS) is 15.2. The van der Waals surface area contributed by atoms with Gasteiger partial charge in [-0.15, -0.1) is 0 Å². The fourth-order valence-corrected chi connectivity index (χ4v) is 6.07. The van der Waals surface area contributed by atoms with Crippen molar-refractivity contribution in [3.8, 4) is 0 Å². The van der Waals surface area contributed by atoms with Crippen LogP contribution in [0.4, 0.5) is 5.69 Å². The van der Waals surface area contributed by atoms with E-state index in [-0.39, 0.29) is 18.5 Å². The first-order valence-corrected chi connectivity index (χ1v) is 15.2. The number of halogens is 2. The van der Waals surface area contributed by atoms with Crippen LogP contribution >= 0.6 is 23.2 Å². The van der Waals surface area contributed by atoms with Gasteiger partial charge >= 0.3 is 0 Å². The van der Waals surface area contributed by atoms with Gasteiger partial charge in [-0.1, -0.05) is 67.6 Å². The number of benzene rings is 2. The quantitative estimate of drug-likeness (QED) is 0.420. The Morgan fingerprint density at radius 2 is 1.68 bits per heavy atom. The number of anilines is 1. The van der Waals surface area contributed by atoms with E-state index < -0.39 is 28.5 Å². The highest BCUT2D eigenvalue weighted by Crippen LogP contribution is 2.28. The van der Waals surface area contributed by atoms with Gasteiger partial charge in [-0.2, -0.15) is 0 Å². The standard InChI is InChI=1S/C27H35Cl2N3O4S/c1-4-25(27(34)30-20-11-6-5-7-12-20)31(17-22-23(28)14-9-15-24(22)29)26(33)18-32(37(3,35)36)21-13-8-10-19(2)16-21/h8-10,13-16,20,25H,4-7,11-12,17-18H2,1-3H3,(H,30,34)/t25-/m1/s1. The number of hydrogen-bond donors (Lipinski definition) is 1. The van der Waals surface area contributed by atoms with Crippen LogP contribution in [-0.2, 0) is 26.2 Å². The van der Waals surface area contributed by atoms with Crippen molar-refractivity contribution in [2.75, 3.05) is 17.1 Å². The van der Waals surface area contributed by atoms with Crippen molar-refractivity contribution in [1.29, 1.82) is 0 Å². The van der Waals surface area contributed by atoms with Crippen LogP contribution in [0.3, 0.4) is 0 Å². The van der Waals surface area contributed by atoms with E-state index in [0.29, 0.717) is 27.7 Å². The zero-order valence-corrected chi connectivity index (χ0v) is 23.9. The van der Waals surface area contributed by atoms with Gasteiger partial charge in [0, 0.05) is 28.2 Å². The number of rotatable bonds is 10. The van der Waals surface area contributed by atoms with Gasteiger partial charge < -0.3 is 10.2 Å². The second kappa shape index (κ2) is 13.0. The summed E-state index contributed by atoms with van der Waals surface area (Å²) in [4.78, 5) is 28.7. The predicted octanol–water partition coefficient (Wildman–Crippen LogP) is 5.32. The van der Waals surface area contributed by atoms with Gasteiger partial charge in [-0.05, 0) is 56.0 Å². The first-order chi connectivity index (χ1) is 17.5. The SMILES string of the molecule is CC[C@H](C(=O)NC1CCCCC1)N(Cc1c(Cl)cccc1Cl)C(=O)CN(c1cccc(C)c1)S(C)(=O)=O. The maximum absolute atomic E-state index is 13.8. The molecule has 0 radical (unpaired) electrons. The molecule has 1 saturated carbocycles. The van der Waals surface area contributed by atoms with Gasteiger partial charge in [0.2, 0.25) is 21.8 Å². The molecule has 0 saturated heterocycles. The molecule has 2 aromatic rings. The molecule has 1 aliphatic rings. The van der Waals surface area contributed by atoms with Crippen LogP contribution in [0, 0.1) is 6.92 Å². The first kappa shape index (κ1) is 29.3. The van der Waals surface area contributed by atoms with Gasteiger partial charge in [-0.25, -0.2) is 8.42 Å². The number of carbonyl (C=O) groups is 2. The molecule has 2 aromatic carbocycles. The molecule has 3 rings (SSSR count). The van der Waals surface area contributed by atoms with Crippen LogP contribution in [0.15, 0.2) is 42.5 Å². The molecule has 2 amide bonds. The molecule has 1 fully saturated rings. The second-order valence-electron chi connectivity index (χ2n) is 9.60. The topological polar surface area (TPSA) is 86.8 Å². The molecule has 7 nitrogen and oxygen atoms in total. The average molecular weight is 569 g/mol. The highest BCUT2D eigenvalue weighted by molar-refractivity contribution is 7.92. The Morgan fingerprint density at radius 1 is 1.05 bits per heavy atom. The Bertz CT molecular complexity index is 1200. The average Bonchev–Trinajstić information content (AvgIpc) is 2.84. The highest BCUT2D eigenvalue weighted by Gasteiger charge is 2.33. The molecule has 0 spiro atoms. The summed E-state index contributed by atoms with van der Waals surface area (Å²) in [7, 11) is -3.79. The summed E-state index contributed by atoms with van der Waals surface area (Å²) < 4.78 is 26.5. The van der Waals surface area contributed by atoms with E-state index >= 15 is 0 Å². The number of nitrogens with zero attached hydrogens (tertiary/aromatic N) is 2. The highest BCUT2D eigenvalue weighted by atomic mass is 35.5. The zero-order chi connectivity index (χ0) is 27.2. The third kappa shape index (κ3) is 7.85. The molecule has 0 unspecified atom stereocenters. The molecule has 0 bridgehead atoms. The van der Waals surface area contributed by atoms with E-state index in [0.717, 1.165) is 48.2 Å². The fraction of sp³-hybridized carbons (Fsp3) is 0.481. The largest absolute Gasteiger partial charge is 0.352 e. The third-order valence-corrected chi connectivity index (χ3v) is 8.55. The molecule has 1 N–H and O–H groups in total. The number of amides is 2. The minimum atomic E-state index is -3.79. The van der Waals surface area contributed by atoms with E-state index in [9.17, 15) is 18.0 Å². The lowest BCUT2D eigenvalue weighted by molar-refractivity contribution is -0.140. The van der Waals surface area contributed by atoms with Crippen LogP contribution in [-0.4, -0.2) is 50.0 Å². The van der Waals surface area contributed by atoms with Crippen molar-refractivity contribution in [2.45, 2.75) is 71.0 Å². The van der Waals surface area contributed by atoms with Crippen LogP contribution in [0.5, 0.6) is 0 Å². The third-order valence-electron chi connectivity index (χ3n) is 6.70. The summed E-state index contributed by atoms with van der Waals surface area (Å²) in [6.45, 7) is 3.19. The number of aryl methyl sites for hydroxylation is 1. The molecule has 202 valence electrons. The van der Waals surface area contributed by atoms with Crippen molar-refractivity contribution in [3.63, 3.8) is 0 Å². The Morgan fingerprint density at radius 3 is 2.24 bits per heavy atom. The molecular formula is C27H35Cl2N3O4S. The van der Waals surface area contributed by atoms with E-state index in [2.05, 4.69) is 5.32 Å². The summed E-state index contributed by atoms with van der Waals surface area (Å²) in [6.07, 6.45) is 6.47. The van der Waals surface area contributed by atoms with Gasteiger partial charge in [0.05, 0.1) is 11.9 Å². The lowest BCUT2D eigenvalue weighted by atomic mass is 9.95. The summed E-state index contributed by atoms with van der Waals surface area (Å²) in [5, 5.41) is 3.85. The monoisotopic (exact) mass is 567 g/mol. The Hall–Kier alpha value is -2.29. The van der Waals surface area contributed by atoms with Crippen molar-refractivity contribution in [1.82, 2.24) is 10.2 Å². The van der Waals surface area contributed by atoms with Crippen LogP contribution < -0.4 is 9.62 Å². The van der Waals surface area contributed by atoms with E-state index in [1.54, 1.807) is 36.4 Å². The molecule has 1 aliphatic carbocycles. The van der Waals surface area contributed by atoms with E-state index in [4.69, 9.17) is 23.2 Å². The number of hydrogen-bond acceptors (Lipinski definition) is 4. The Balaban J connectivity index is 1.96. The molecule has 1 atom stereocenters. The van der Waals surface area contributed by atoms with Crippen molar-refractivity contribution in [3.05, 3.63) is 63.6 Å². The summed E-state index contributed by atoms with van der Waals surface area (Å²) >= 11 is 12.8. The molecule has 10 heteroatoms. The van der Waals surface area contributed by atoms with Crippen molar-refractivity contribution >= 4 is 50.7 Å².